The third kappa shape index (κ3) is 7.20. The molecule has 0 fully saturated rings. The van der Waals surface area contributed by atoms with Gasteiger partial charge in [0.2, 0.25) is 0 Å². The molecule has 0 amide bonds. The van der Waals surface area contributed by atoms with Gasteiger partial charge in [-0.1, -0.05) is 46.3 Å². The van der Waals surface area contributed by atoms with Gasteiger partial charge in [-0.25, -0.2) is 0 Å². The molecule has 18 heavy (non-hydrogen) atoms. The molecule has 3 heteroatoms. The molecule has 0 aromatic rings. The van der Waals surface area contributed by atoms with E-state index in [1.807, 2.05) is 6.08 Å². The van der Waals surface area contributed by atoms with Gasteiger partial charge in [0.1, 0.15) is 8.07 Å². The minimum absolute atomic E-state index is 0.154. The molecule has 0 aliphatic rings. The van der Waals surface area contributed by atoms with Crippen LogP contribution in [-0.4, -0.2) is 22.5 Å². The van der Waals surface area contributed by atoms with Gasteiger partial charge in [0.15, 0.2) is 8.32 Å². The maximum atomic E-state index is 6.23. The molecular weight excluding hydrogens is 252 g/mol. The number of allylic oxidation sites excluding steroid dienone is 1. The second kappa shape index (κ2) is 6.23. The van der Waals surface area contributed by atoms with Crippen LogP contribution in [0.3, 0.4) is 0 Å². The largest absolute Gasteiger partial charge is 0.411 e. The summed E-state index contributed by atoms with van der Waals surface area (Å²) < 4.78 is 6.23. The van der Waals surface area contributed by atoms with Crippen molar-refractivity contribution in [2.24, 2.45) is 0 Å². The molecule has 0 saturated heterocycles. The molecule has 0 aliphatic carbocycles. The lowest BCUT2D eigenvalue weighted by atomic mass is 10.2. The van der Waals surface area contributed by atoms with Gasteiger partial charge in [0.05, 0.1) is 6.10 Å². The van der Waals surface area contributed by atoms with Crippen LogP contribution in [0.15, 0.2) is 12.2 Å². The van der Waals surface area contributed by atoms with Crippen LogP contribution in [0.5, 0.6) is 0 Å². The Bertz CT molecular complexity index is 345. The zero-order valence-corrected chi connectivity index (χ0v) is 15.6. The second-order valence-electron chi connectivity index (χ2n) is 7.46. The SMILES string of the molecule is C[C@@H](/C=C/C#C[Si](C)(C)C)O[Si](C)(C)C(C)(C)C. The molecule has 0 bridgehead atoms. The van der Waals surface area contributed by atoms with Gasteiger partial charge in [-0.3, -0.25) is 0 Å². The molecule has 0 aliphatic heterocycles. The van der Waals surface area contributed by atoms with Gasteiger partial charge in [-0.15, -0.1) is 5.54 Å². The van der Waals surface area contributed by atoms with E-state index < -0.39 is 16.4 Å². The number of hydrogen-bond donors (Lipinski definition) is 0. The Morgan fingerprint density at radius 1 is 1.06 bits per heavy atom. The van der Waals surface area contributed by atoms with Crippen molar-refractivity contribution in [3.05, 3.63) is 12.2 Å². The van der Waals surface area contributed by atoms with Crippen LogP contribution in [0.25, 0.3) is 0 Å². The quantitative estimate of drug-likeness (QED) is 0.532. The van der Waals surface area contributed by atoms with Crippen molar-refractivity contribution in [2.45, 2.75) is 71.6 Å². The third-order valence-electron chi connectivity index (χ3n) is 3.18. The molecule has 0 unspecified atom stereocenters. The minimum Gasteiger partial charge on any atom is -0.411 e. The first-order valence-corrected chi connectivity index (χ1v) is 13.1. The molecule has 0 heterocycles. The van der Waals surface area contributed by atoms with Crippen LogP contribution in [0.2, 0.25) is 37.8 Å². The van der Waals surface area contributed by atoms with E-state index in [1.54, 1.807) is 0 Å². The van der Waals surface area contributed by atoms with Crippen LogP contribution >= 0.6 is 0 Å². The summed E-state index contributed by atoms with van der Waals surface area (Å²) in [6, 6.07) is 0. The van der Waals surface area contributed by atoms with Gasteiger partial charge in [-0.2, -0.15) is 0 Å². The van der Waals surface area contributed by atoms with Crippen molar-refractivity contribution in [1.29, 1.82) is 0 Å². The standard InChI is InChI=1S/C15H30OSi2/c1-14(12-10-11-13-17(5,6)7)16-18(8,9)15(2,3)4/h10,12,14H,1-9H3/b12-10+/t14-/m0/s1. The highest BCUT2D eigenvalue weighted by atomic mass is 28.4. The van der Waals surface area contributed by atoms with E-state index in [0.717, 1.165) is 0 Å². The van der Waals surface area contributed by atoms with Gasteiger partial charge in [-0.05, 0) is 37.2 Å². The third-order valence-corrected chi connectivity index (χ3v) is 8.65. The molecule has 0 radical (unpaired) electrons. The van der Waals surface area contributed by atoms with E-state index >= 15 is 0 Å². The lowest BCUT2D eigenvalue weighted by Crippen LogP contribution is -2.42. The summed E-state index contributed by atoms with van der Waals surface area (Å²) in [5.41, 5.74) is 3.33. The van der Waals surface area contributed by atoms with Crippen LogP contribution in [0, 0.1) is 11.5 Å². The van der Waals surface area contributed by atoms with Gasteiger partial charge >= 0.3 is 0 Å². The summed E-state index contributed by atoms with van der Waals surface area (Å²) >= 11 is 0. The van der Waals surface area contributed by atoms with Crippen molar-refractivity contribution in [2.75, 3.05) is 0 Å². The molecule has 0 N–H and O–H groups in total. The molecule has 1 nitrogen and oxygen atoms in total. The van der Waals surface area contributed by atoms with E-state index in [0.29, 0.717) is 0 Å². The van der Waals surface area contributed by atoms with E-state index in [1.165, 1.54) is 0 Å². The van der Waals surface area contributed by atoms with Crippen molar-refractivity contribution < 1.29 is 4.43 Å². The maximum absolute atomic E-state index is 6.23. The van der Waals surface area contributed by atoms with Gasteiger partial charge < -0.3 is 4.43 Å². The fourth-order valence-corrected chi connectivity index (χ4v) is 3.00. The topological polar surface area (TPSA) is 9.23 Å². The molecule has 0 aromatic heterocycles. The average molecular weight is 283 g/mol. The molecular formula is C15H30OSi2. The molecule has 0 aromatic carbocycles. The number of rotatable bonds is 3. The number of hydrogen-bond acceptors (Lipinski definition) is 1. The Balaban J connectivity index is 4.49. The normalized spacial score (nSPS) is 15.4. The van der Waals surface area contributed by atoms with Crippen molar-refractivity contribution in [1.82, 2.24) is 0 Å². The zero-order valence-electron chi connectivity index (χ0n) is 13.6. The van der Waals surface area contributed by atoms with Crippen LogP contribution in [-0.2, 0) is 4.43 Å². The highest BCUT2D eigenvalue weighted by Gasteiger charge is 2.37. The molecule has 0 saturated carbocycles. The van der Waals surface area contributed by atoms with E-state index in [-0.39, 0.29) is 11.1 Å². The lowest BCUT2D eigenvalue weighted by molar-refractivity contribution is 0.243. The predicted octanol–water partition coefficient (Wildman–Crippen LogP) is 4.83. The molecule has 0 spiro atoms. The summed E-state index contributed by atoms with van der Waals surface area (Å²) in [5.74, 6) is 3.15. The summed E-state index contributed by atoms with van der Waals surface area (Å²) in [6.45, 7) is 20.2. The molecule has 104 valence electrons. The highest BCUT2D eigenvalue weighted by Crippen LogP contribution is 2.37. The lowest BCUT2D eigenvalue weighted by Gasteiger charge is -2.37. The first kappa shape index (κ1) is 17.7. The van der Waals surface area contributed by atoms with Crippen LogP contribution in [0.1, 0.15) is 27.7 Å². The second-order valence-corrected chi connectivity index (χ2v) is 17.0. The Morgan fingerprint density at radius 3 is 1.94 bits per heavy atom. The fraction of sp³-hybridized carbons (Fsp3) is 0.733. The molecule has 1 atom stereocenters. The Morgan fingerprint density at radius 2 is 1.56 bits per heavy atom. The first-order valence-electron chi connectivity index (χ1n) is 6.72. The van der Waals surface area contributed by atoms with Crippen molar-refractivity contribution >= 4 is 16.4 Å². The first-order chi connectivity index (χ1) is 7.85. The van der Waals surface area contributed by atoms with Gasteiger partial charge in [0.25, 0.3) is 0 Å². The fourth-order valence-electron chi connectivity index (χ4n) is 1.12. The Kier molecular flexibility index (Phi) is 6.12. The maximum Gasteiger partial charge on any atom is 0.192 e. The summed E-state index contributed by atoms with van der Waals surface area (Å²) in [6.07, 6.45) is 4.19. The summed E-state index contributed by atoms with van der Waals surface area (Å²) in [4.78, 5) is 0. The van der Waals surface area contributed by atoms with Gasteiger partial charge in [0, 0.05) is 0 Å². The van der Waals surface area contributed by atoms with Crippen molar-refractivity contribution in [3.63, 3.8) is 0 Å². The molecule has 0 rings (SSSR count). The highest BCUT2D eigenvalue weighted by molar-refractivity contribution is 6.83. The summed E-state index contributed by atoms with van der Waals surface area (Å²) in [7, 11) is -2.91. The minimum atomic E-state index is -1.66. The average Bonchev–Trinajstić information content (AvgIpc) is 2.08. The summed E-state index contributed by atoms with van der Waals surface area (Å²) in [5, 5.41) is 0.263. The van der Waals surface area contributed by atoms with Crippen molar-refractivity contribution in [3.8, 4) is 11.5 Å². The Hall–Kier alpha value is -0.306. The Labute approximate surface area is 116 Å². The smallest absolute Gasteiger partial charge is 0.192 e. The van der Waals surface area contributed by atoms with E-state index in [4.69, 9.17) is 4.43 Å². The van der Waals surface area contributed by atoms with E-state index in [9.17, 15) is 0 Å². The van der Waals surface area contributed by atoms with Crippen LogP contribution in [0.4, 0.5) is 0 Å². The zero-order chi connectivity index (χ0) is 14.6. The van der Waals surface area contributed by atoms with E-state index in [2.05, 4.69) is 78.0 Å². The predicted molar refractivity (Wildman–Crippen MR) is 88.0 cm³/mol. The monoisotopic (exact) mass is 282 g/mol. The van der Waals surface area contributed by atoms with Crippen LogP contribution < -0.4 is 0 Å².